The summed E-state index contributed by atoms with van der Waals surface area (Å²) in [6.45, 7) is 2.24. The lowest BCUT2D eigenvalue weighted by atomic mass is 10.1. The van der Waals surface area contributed by atoms with Gasteiger partial charge < -0.3 is 12.4 Å². The maximum absolute atomic E-state index is 8.78. The average Bonchev–Trinajstić information content (AvgIpc) is 2.24. The van der Waals surface area contributed by atoms with Gasteiger partial charge in [-0.1, -0.05) is 64.7 Å². The van der Waals surface area contributed by atoms with Crippen molar-refractivity contribution in [3.63, 3.8) is 0 Å². The van der Waals surface area contributed by atoms with Crippen molar-refractivity contribution in [2.24, 2.45) is 0 Å². The van der Waals surface area contributed by atoms with Gasteiger partial charge in [0.2, 0.25) is 0 Å². The minimum Gasteiger partial charge on any atom is -1.00 e. The summed E-state index contributed by atoms with van der Waals surface area (Å²) in [6.07, 6.45) is 13.7. The van der Waals surface area contributed by atoms with Gasteiger partial charge in [-0.2, -0.15) is 14.7 Å². The summed E-state index contributed by atoms with van der Waals surface area (Å²) in [6, 6.07) is 0. The molecule has 0 fully saturated rings. The molecule has 0 aliphatic heterocycles. The van der Waals surface area contributed by atoms with Gasteiger partial charge >= 0.3 is 7.94 Å². The highest BCUT2D eigenvalue weighted by atomic mass is 35.5. The zero-order valence-electron chi connectivity index (χ0n) is 11.7. The molecule has 0 heterocycles. The van der Waals surface area contributed by atoms with E-state index in [9.17, 15) is 0 Å². The Bertz CT molecular complexity index is 163. The highest BCUT2D eigenvalue weighted by Crippen LogP contribution is 2.45. The molecular formula is C13H30ClO3P. The molecule has 112 valence electrons. The van der Waals surface area contributed by atoms with E-state index in [0.717, 1.165) is 19.3 Å². The Balaban J connectivity index is 0. The van der Waals surface area contributed by atoms with E-state index in [1.165, 1.54) is 51.4 Å². The van der Waals surface area contributed by atoms with Crippen LogP contribution in [0.2, 0.25) is 0 Å². The number of halogens is 1. The molecular weight excluding hydrogens is 271 g/mol. The Morgan fingerprint density at radius 3 is 1.28 bits per heavy atom. The van der Waals surface area contributed by atoms with Crippen molar-refractivity contribution in [1.29, 1.82) is 0 Å². The Kier molecular flexibility index (Phi) is 16.3. The van der Waals surface area contributed by atoms with Gasteiger partial charge in [0.25, 0.3) is 0 Å². The molecule has 0 bridgehead atoms. The zero-order valence-corrected chi connectivity index (χ0v) is 13.3. The van der Waals surface area contributed by atoms with E-state index in [1.807, 2.05) is 0 Å². The van der Waals surface area contributed by atoms with Crippen LogP contribution < -0.4 is 12.4 Å². The predicted molar refractivity (Wildman–Crippen MR) is 74.9 cm³/mol. The van der Waals surface area contributed by atoms with Crippen LogP contribution in [0.4, 0.5) is 0 Å². The minimum absolute atomic E-state index is 0. The largest absolute Gasteiger partial charge is 1.00 e. The molecule has 0 unspecified atom stereocenters. The van der Waals surface area contributed by atoms with Gasteiger partial charge in [0.15, 0.2) is 0 Å². The third-order valence-corrected chi connectivity index (χ3v) is 3.98. The SMILES string of the molecule is CCCCCCCCCCCCC[P+](O)(O)O.[Cl-]. The smallest absolute Gasteiger partial charge is 0.403 e. The zero-order chi connectivity index (χ0) is 13.0. The van der Waals surface area contributed by atoms with Crippen molar-refractivity contribution in [3.05, 3.63) is 0 Å². The summed E-state index contributed by atoms with van der Waals surface area (Å²) in [5.41, 5.74) is 0. The molecule has 0 aromatic heterocycles. The van der Waals surface area contributed by atoms with Crippen LogP contribution in [-0.2, 0) is 0 Å². The van der Waals surface area contributed by atoms with Crippen molar-refractivity contribution >= 4 is 7.94 Å². The maximum Gasteiger partial charge on any atom is 0.403 e. The van der Waals surface area contributed by atoms with Crippen LogP contribution in [0.5, 0.6) is 0 Å². The van der Waals surface area contributed by atoms with Gasteiger partial charge in [-0.05, 0) is 12.8 Å². The van der Waals surface area contributed by atoms with Crippen molar-refractivity contribution in [3.8, 4) is 0 Å². The summed E-state index contributed by atoms with van der Waals surface area (Å²) in [4.78, 5) is 26.4. The highest BCUT2D eigenvalue weighted by Gasteiger charge is 2.27. The summed E-state index contributed by atoms with van der Waals surface area (Å²) < 4.78 is 0. The maximum atomic E-state index is 8.78. The molecule has 0 aliphatic carbocycles. The van der Waals surface area contributed by atoms with Gasteiger partial charge in [0.05, 0.1) is 0 Å². The average molecular weight is 301 g/mol. The van der Waals surface area contributed by atoms with Crippen LogP contribution in [0.15, 0.2) is 0 Å². The fourth-order valence-electron chi connectivity index (χ4n) is 1.99. The lowest BCUT2D eigenvalue weighted by molar-refractivity contribution is -0.00000961. The normalized spacial score (nSPS) is 11.3. The molecule has 0 aromatic rings. The van der Waals surface area contributed by atoms with Crippen LogP contribution in [0.3, 0.4) is 0 Å². The van der Waals surface area contributed by atoms with Gasteiger partial charge in [-0.3, -0.25) is 0 Å². The number of hydrogen-bond acceptors (Lipinski definition) is 3. The molecule has 0 radical (unpaired) electrons. The third kappa shape index (κ3) is 19.0. The Hall–Kier alpha value is 0.600. The van der Waals surface area contributed by atoms with Crippen LogP contribution >= 0.6 is 7.94 Å². The van der Waals surface area contributed by atoms with E-state index in [4.69, 9.17) is 14.7 Å². The van der Waals surface area contributed by atoms with Crippen molar-refractivity contribution in [2.45, 2.75) is 77.6 Å². The standard InChI is InChI=1S/C13H30O3P.ClH/c1-2-3-4-5-6-7-8-9-10-11-12-13-17(14,15)16;/h14-16H,2-13H2,1H3;1H/q+1;/p-1. The van der Waals surface area contributed by atoms with Crippen LogP contribution in [0.25, 0.3) is 0 Å². The van der Waals surface area contributed by atoms with Crippen LogP contribution in [-0.4, -0.2) is 20.8 Å². The summed E-state index contributed by atoms with van der Waals surface area (Å²) >= 11 is 0. The van der Waals surface area contributed by atoms with Crippen molar-refractivity contribution in [2.75, 3.05) is 6.16 Å². The first kappa shape index (κ1) is 20.9. The Labute approximate surface area is 119 Å². The van der Waals surface area contributed by atoms with E-state index in [2.05, 4.69) is 6.92 Å². The summed E-state index contributed by atoms with van der Waals surface area (Å²) in [5, 5.41) is 0. The topological polar surface area (TPSA) is 60.7 Å². The molecule has 3 N–H and O–H groups in total. The lowest BCUT2D eigenvalue weighted by Crippen LogP contribution is -3.00. The minimum atomic E-state index is -3.49. The fourth-order valence-corrected chi connectivity index (χ4v) is 2.64. The quantitative estimate of drug-likeness (QED) is 0.373. The molecule has 3 nitrogen and oxygen atoms in total. The van der Waals surface area contributed by atoms with Crippen molar-refractivity contribution in [1.82, 2.24) is 0 Å². The van der Waals surface area contributed by atoms with E-state index in [-0.39, 0.29) is 18.6 Å². The predicted octanol–water partition coefficient (Wildman–Crippen LogP) is 1.04. The van der Waals surface area contributed by atoms with Crippen LogP contribution in [0.1, 0.15) is 77.6 Å². The third-order valence-electron chi connectivity index (χ3n) is 3.06. The van der Waals surface area contributed by atoms with Crippen molar-refractivity contribution < 1.29 is 27.1 Å². The Morgan fingerprint density at radius 1 is 0.611 bits per heavy atom. The second kappa shape index (κ2) is 14.0. The molecule has 0 spiro atoms. The molecule has 0 saturated heterocycles. The van der Waals surface area contributed by atoms with Gasteiger partial charge in [-0.15, -0.1) is 0 Å². The monoisotopic (exact) mass is 300 g/mol. The van der Waals surface area contributed by atoms with Crippen LogP contribution in [0, 0.1) is 0 Å². The summed E-state index contributed by atoms with van der Waals surface area (Å²) in [5.74, 6) is 0. The number of hydrogen-bond donors (Lipinski definition) is 3. The first-order valence-electron chi connectivity index (χ1n) is 7.12. The van der Waals surface area contributed by atoms with E-state index < -0.39 is 7.94 Å². The molecule has 0 rings (SSSR count). The fraction of sp³-hybridized carbons (Fsp3) is 1.00. The van der Waals surface area contributed by atoms with E-state index >= 15 is 0 Å². The molecule has 0 atom stereocenters. The first-order chi connectivity index (χ1) is 8.06. The first-order valence-corrected chi connectivity index (χ1v) is 8.96. The number of rotatable bonds is 12. The molecule has 18 heavy (non-hydrogen) atoms. The molecule has 0 aliphatic rings. The second-order valence-corrected chi connectivity index (χ2v) is 6.78. The lowest BCUT2D eigenvalue weighted by Gasteiger charge is -2.04. The van der Waals surface area contributed by atoms with Gasteiger partial charge in [-0.25, -0.2) is 0 Å². The second-order valence-electron chi connectivity index (χ2n) is 4.95. The Morgan fingerprint density at radius 2 is 0.944 bits per heavy atom. The molecule has 5 heteroatoms. The molecule has 0 aromatic carbocycles. The van der Waals surface area contributed by atoms with E-state index in [1.54, 1.807) is 0 Å². The molecule has 0 amide bonds. The van der Waals surface area contributed by atoms with Gasteiger partial charge in [0.1, 0.15) is 6.16 Å². The van der Waals surface area contributed by atoms with E-state index in [0.29, 0.717) is 0 Å². The molecule has 0 saturated carbocycles. The van der Waals surface area contributed by atoms with Gasteiger partial charge in [0, 0.05) is 0 Å². The summed E-state index contributed by atoms with van der Waals surface area (Å²) in [7, 11) is -3.49. The number of unbranched alkanes of at least 4 members (excludes halogenated alkanes) is 10. The highest BCUT2D eigenvalue weighted by molar-refractivity contribution is 7.58.